The summed E-state index contributed by atoms with van der Waals surface area (Å²) < 4.78 is 0. The number of nitrogens with zero attached hydrogens (tertiary/aromatic N) is 1. The van der Waals surface area contributed by atoms with Crippen molar-refractivity contribution in [2.45, 2.75) is 12.8 Å². The van der Waals surface area contributed by atoms with Crippen LogP contribution in [0.25, 0.3) is 0 Å². The Hall–Kier alpha value is -0.0800. The van der Waals surface area contributed by atoms with Gasteiger partial charge in [-0.2, -0.15) is 0 Å². The fourth-order valence-corrected chi connectivity index (χ4v) is 0.875. The molecule has 0 aromatic heterocycles. The lowest BCUT2D eigenvalue weighted by molar-refractivity contribution is 0.418. The minimum atomic E-state index is 0. The molecule has 2 heteroatoms. The van der Waals surface area contributed by atoms with E-state index in [0.29, 0.717) is 0 Å². The van der Waals surface area contributed by atoms with Crippen LogP contribution in [0.2, 0.25) is 0 Å². The lowest BCUT2D eigenvalue weighted by Crippen LogP contribution is -2.10. The van der Waals surface area contributed by atoms with Crippen LogP contribution in [0.15, 0.2) is 0 Å². The molecule has 0 unspecified atom stereocenters. The third kappa shape index (κ3) is 1.90. The molecule has 0 saturated carbocycles. The van der Waals surface area contributed by atoms with Crippen LogP contribution in [0.4, 0.5) is 0 Å². The standard InChI is InChI=1S/C5H11N.H2O/c1-6-4-2-3-5-6;/h2-5H2,1H3;1H2. The lowest BCUT2D eigenvalue weighted by Gasteiger charge is -2.01. The summed E-state index contributed by atoms with van der Waals surface area (Å²) >= 11 is 0. The van der Waals surface area contributed by atoms with Crippen molar-refractivity contribution < 1.29 is 5.48 Å². The van der Waals surface area contributed by atoms with Crippen LogP contribution in [-0.4, -0.2) is 30.5 Å². The minimum Gasteiger partial charge on any atom is -0.412 e. The van der Waals surface area contributed by atoms with Gasteiger partial charge in [0.05, 0.1) is 0 Å². The molecule has 1 heterocycles. The molecule has 1 fully saturated rings. The second-order valence-electron chi connectivity index (χ2n) is 2.01. The van der Waals surface area contributed by atoms with Gasteiger partial charge in [-0.1, -0.05) is 0 Å². The maximum Gasteiger partial charge on any atom is -0.00213 e. The summed E-state index contributed by atoms with van der Waals surface area (Å²) in [5.41, 5.74) is 0. The van der Waals surface area contributed by atoms with Gasteiger partial charge in [0, 0.05) is 0 Å². The molecule has 0 radical (unpaired) electrons. The van der Waals surface area contributed by atoms with Crippen LogP contribution in [0.3, 0.4) is 0 Å². The number of hydrogen-bond acceptors (Lipinski definition) is 1. The van der Waals surface area contributed by atoms with Crippen LogP contribution in [-0.2, 0) is 0 Å². The highest BCUT2D eigenvalue weighted by Gasteiger charge is 2.03. The van der Waals surface area contributed by atoms with Gasteiger partial charge in [0.1, 0.15) is 0 Å². The topological polar surface area (TPSA) is 34.7 Å². The summed E-state index contributed by atoms with van der Waals surface area (Å²) in [5.74, 6) is 0. The number of hydrogen-bond donors (Lipinski definition) is 0. The van der Waals surface area contributed by atoms with Crippen molar-refractivity contribution in [1.82, 2.24) is 4.90 Å². The van der Waals surface area contributed by atoms with Gasteiger partial charge in [-0.15, -0.1) is 0 Å². The van der Waals surface area contributed by atoms with Crippen molar-refractivity contribution in [1.29, 1.82) is 0 Å². The molecular weight excluding hydrogens is 90.1 g/mol. The van der Waals surface area contributed by atoms with Crippen molar-refractivity contribution >= 4 is 0 Å². The summed E-state index contributed by atoms with van der Waals surface area (Å²) in [7, 11) is 2.17. The largest absolute Gasteiger partial charge is 0.412 e. The van der Waals surface area contributed by atoms with E-state index in [2.05, 4.69) is 11.9 Å². The highest BCUT2D eigenvalue weighted by molar-refractivity contribution is 4.59. The zero-order valence-corrected chi connectivity index (χ0v) is 4.78. The lowest BCUT2D eigenvalue weighted by atomic mass is 10.4. The minimum absolute atomic E-state index is 0. The molecule has 0 amide bonds. The van der Waals surface area contributed by atoms with Crippen molar-refractivity contribution in [2.75, 3.05) is 20.1 Å². The first-order chi connectivity index (χ1) is 2.89. The number of likely N-dealkylation sites (tertiary alicyclic amines) is 1. The monoisotopic (exact) mass is 103 g/mol. The molecule has 7 heavy (non-hydrogen) atoms. The number of rotatable bonds is 0. The molecule has 2 nitrogen and oxygen atoms in total. The second kappa shape index (κ2) is 2.99. The molecule has 0 bridgehead atoms. The van der Waals surface area contributed by atoms with E-state index in [4.69, 9.17) is 0 Å². The summed E-state index contributed by atoms with van der Waals surface area (Å²) in [6.07, 6.45) is 2.83. The molecule has 1 saturated heterocycles. The van der Waals surface area contributed by atoms with Crippen molar-refractivity contribution in [2.24, 2.45) is 0 Å². The Morgan fingerprint density at radius 3 is 1.71 bits per heavy atom. The molecule has 1 rings (SSSR count). The highest BCUT2D eigenvalue weighted by atomic mass is 16.0. The quantitative estimate of drug-likeness (QED) is 0.421. The average Bonchev–Trinajstić information content (AvgIpc) is 1.86. The van der Waals surface area contributed by atoms with Gasteiger partial charge in [-0.3, -0.25) is 0 Å². The third-order valence-electron chi connectivity index (χ3n) is 1.33. The third-order valence-corrected chi connectivity index (χ3v) is 1.33. The van der Waals surface area contributed by atoms with Gasteiger partial charge >= 0.3 is 0 Å². The van der Waals surface area contributed by atoms with E-state index in [9.17, 15) is 0 Å². The van der Waals surface area contributed by atoms with E-state index in [1.807, 2.05) is 0 Å². The maximum atomic E-state index is 2.36. The molecular formula is C5H13NO. The normalized spacial score (nSPS) is 21.9. The maximum absolute atomic E-state index is 2.36. The van der Waals surface area contributed by atoms with Crippen molar-refractivity contribution in [3.8, 4) is 0 Å². The van der Waals surface area contributed by atoms with Crippen molar-refractivity contribution in [3.63, 3.8) is 0 Å². The molecule has 44 valence electrons. The Balaban J connectivity index is 0.000000360. The van der Waals surface area contributed by atoms with Crippen LogP contribution in [0.5, 0.6) is 0 Å². The van der Waals surface area contributed by atoms with Crippen LogP contribution in [0.1, 0.15) is 12.8 Å². The van der Waals surface area contributed by atoms with Gasteiger partial charge in [0.15, 0.2) is 0 Å². The Kier molecular flexibility index (Phi) is 2.96. The summed E-state index contributed by atoms with van der Waals surface area (Å²) in [6, 6.07) is 0. The van der Waals surface area contributed by atoms with Gasteiger partial charge in [0.25, 0.3) is 0 Å². The van der Waals surface area contributed by atoms with Crippen LogP contribution >= 0.6 is 0 Å². The van der Waals surface area contributed by atoms with Gasteiger partial charge in [-0.05, 0) is 33.0 Å². The Morgan fingerprint density at radius 2 is 1.57 bits per heavy atom. The molecule has 0 atom stereocenters. The van der Waals surface area contributed by atoms with Gasteiger partial charge in [-0.25, -0.2) is 0 Å². The predicted octanol–water partition coefficient (Wildman–Crippen LogP) is -0.113. The Bertz CT molecular complexity index is 41.3. The molecule has 0 spiro atoms. The van der Waals surface area contributed by atoms with E-state index >= 15 is 0 Å². The van der Waals surface area contributed by atoms with E-state index in [0.717, 1.165) is 0 Å². The first kappa shape index (κ1) is 6.92. The molecule has 1 aliphatic rings. The summed E-state index contributed by atoms with van der Waals surface area (Å²) in [5, 5.41) is 0. The average molecular weight is 103 g/mol. The van der Waals surface area contributed by atoms with Crippen molar-refractivity contribution in [3.05, 3.63) is 0 Å². The molecule has 2 N–H and O–H groups in total. The SMILES string of the molecule is CN1CCCC1.O. The van der Waals surface area contributed by atoms with Gasteiger partial charge in [0.2, 0.25) is 0 Å². The van der Waals surface area contributed by atoms with E-state index in [1.165, 1.54) is 25.9 Å². The molecule has 1 aliphatic heterocycles. The van der Waals surface area contributed by atoms with Gasteiger partial charge < -0.3 is 10.4 Å². The van der Waals surface area contributed by atoms with E-state index in [1.54, 1.807) is 0 Å². The van der Waals surface area contributed by atoms with E-state index in [-0.39, 0.29) is 5.48 Å². The molecule has 0 aromatic rings. The van der Waals surface area contributed by atoms with Crippen LogP contribution in [0, 0.1) is 0 Å². The molecule has 0 aliphatic carbocycles. The van der Waals surface area contributed by atoms with Crippen LogP contribution < -0.4 is 0 Å². The summed E-state index contributed by atoms with van der Waals surface area (Å²) in [4.78, 5) is 2.36. The second-order valence-corrected chi connectivity index (χ2v) is 2.01. The first-order valence-electron chi connectivity index (χ1n) is 2.58. The smallest absolute Gasteiger partial charge is 0.00213 e. The fraction of sp³-hybridized carbons (Fsp3) is 1.00. The zero-order chi connectivity index (χ0) is 4.41. The first-order valence-corrected chi connectivity index (χ1v) is 2.58. The Labute approximate surface area is 44.4 Å². The predicted molar refractivity (Wildman–Crippen MR) is 30.3 cm³/mol. The fourth-order valence-electron chi connectivity index (χ4n) is 0.875. The Morgan fingerprint density at radius 1 is 1.14 bits per heavy atom. The van der Waals surface area contributed by atoms with E-state index < -0.39 is 0 Å². The highest BCUT2D eigenvalue weighted by Crippen LogP contribution is 2.01. The zero-order valence-electron chi connectivity index (χ0n) is 4.78. The molecule has 0 aromatic carbocycles. The summed E-state index contributed by atoms with van der Waals surface area (Å²) in [6.45, 7) is 2.64.